The number of hydrogen-bond donors (Lipinski definition) is 1. The predicted octanol–water partition coefficient (Wildman–Crippen LogP) is 1.50. The fraction of sp³-hybridized carbons (Fsp3) is 0.545. The second-order valence-corrected chi connectivity index (χ2v) is 8.23. The highest BCUT2D eigenvalue weighted by molar-refractivity contribution is 5.83. The number of fused-ring (bicyclic) bond motifs is 1. The highest BCUT2D eigenvalue weighted by Gasteiger charge is 2.32. The molecule has 3 heterocycles. The summed E-state index contributed by atoms with van der Waals surface area (Å²) in [5.74, 6) is 0.677. The number of rotatable bonds is 7. The Morgan fingerprint density at radius 3 is 2.65 bits per heavy atom. The van der Waals surface area contributed by atoms with Crippen molar-refractivity contribution in [2.24, 2.45) is 0 Å². The Bertz CT molecular complexity index is 1100. The Hall–Kier alpha value is -2.62. The number of H-pyrrole nitrogens is 1. The maximum Gasteiger partial charge on any atom is 0.253 e. The number of aryl methyl sites for hydroxylation is 2. The Balaban J connectivity index is 1.82. The average Bonchev–Trinajstić information content (AvgIpc) is 3.22. The van der Waals surface area contributed by atoms with Crippen LogP contribution in [0.3, 0.4) is 0 Å². The SMILES string of the molecule is CCN1CCN(C(c2cc3cc(C)cc(C)c3[nH]c2=O)c2nnnn2CCOC)CC1. The van der Waals surface area contributed by atoms with E-state index >= 15 is 0 Å². The molecule has 4 rings (SSSR count). The van der Waals surface area contributed by atoms with E-state index in [-0.39, 0.29) is 11.6 Å². The van der Waals surface area contributed by atoms with E-state index in [1.54, 1.807) is 11.8 Å². The number of tetrazole rings is 1. The quantitative estimate of drug-likeness (QED) is 0.613. The van der Waals surface area contributed by atoms with Crippen LogP contribution in [0, 0.1) is 13.8 Å². The van der Waals surface area contributed by atoms with Crippen LogP contribution in [0.4, 0.5) is 0 Å². The van der Waals surface area contributed by atoms with Gasteiger partial charge in [0, 0.05) is 38.9 Å². The maximum absolute atomic E-state index is 13.3. The average molecular weight is 426 g/mol. The van der Waals surface area contributed by atoms with Gasteiger partial charge in [0.1, 0.15) is 6.04 Å². The monoisotopic (exact) mass is 425 g/mol. The molecule has 1 aliphatic rings. The lowest BCUT2D eigenvalue weighted by Gasteiger charge is -2.38. The van der Waals surface area contributed by atoms with Gasteiger partial charge in [-0.25, -0.2) is 4.68 Å². The van der Waals surface area contributed by atoms with Crippen LogP contribution in [-0.4, -0.2) is 81.4 Å². The molecule has 0 aliphatic carbocycles. The van der Waals surface area contributed by atoms with Gasteiger partial charge in [0.2, 0.25) is 0 Å². The maximum atomic E-state index is 13.3. The van der Waals surface area contributed by atoms with E-state index in [9.17, 15) is 4.79 Å². The zero-order valence-electron chi connectivity index (χ0n) is 18.8. The molecule has 3 aromatic rings. The first-order valence-corrected chi connectivity index (χ1v) is 10.9. The van der Waals surface area contributed by atoms with E-state index in [2.05, 4.69) is 56.3 Å². The first-order chi connectivity index (χ1) is 15.0. The molecular formula is C22H31N7O2. The number of aromatic amines is 1. The van der Waals surface area contributed by atoms with Gasteiger partial charge in [-0.2, -0.15) is 0 Å². The lowest BCUT2D eigenvalue weighted by atomic mass is 10.00. The van der Waals surface area contributed by atoms with Gasteiger partial charge in [-0.3, -0.25) is 9.69 Å². The normalized spacial score (nSPS) is 16.8. The van der Waals surface area contributed by atoms with Gasteiger partial charge in [-0.05, 0) is 53.9 Å². The molecule has 0 radical (unpaired) electrons. The number of piperazine rings is 1. The van der Waals surface area contributed by atoms with Crippen LogP contribution in [0.1, 0.15) is 35.5 Å². The molecule has 1 aliphatic heterocycles. The second-order valence-electron chi connectivity index (χ2n) is 8.23. The number of ether oxygens (including phenoxy) is 1. The van der Waals surface area contributed by atoms with Crippen molar-refractivity contribution in [3.05, 3.63) is 51.1 Å². The number of nitrogens with one attached hydrogen (secondary N) is 1. The number of likely N-dealkylation sites (N-methyl/N-ethyl adjacent to an activating group) is 1. The summed E-state index contributed by atoms with van der Waals surface area (Å²) in [6.07, 6.45) is 0. The minimum atomic E-state index is -0.320. The number of methoxy groups -OCH3 is 1. The van der Waals surface area contributed by atoms with Crippen LogP contribution in [0.5, 0.6) is 0 Å². The third-order valence-electron chi connectivity index (χ3n) is 6.15. The van der Waals surface area contributed by atoms with Crippen LogP contribution in [-0.2, 0) is 11.3 Å². The molecule has 0 bridgehead atoms. The molecule has 1 aromatic carbocycles. The summed E-state index contributed by atoms with van der Waals surface area (Å²) < 4.78 is 6.99. The summed E-state index contributed by atoms with van der Waals surface area (Å²) in [6, 6.07) is 5.90. The van der Waals surface area contributed by atoms with E-state index in [0.717, 1.165) is 49.2 Å². The molecule has 1 atom stereocenters. The van der Waals surface area contributed by atoms with Crippen molar-refractivity contribution in [1.29, 1.82) is 0 Å². The van der Waals surface area contributed by atoms with E-state index in [4.69, 9.17) is 4.74 Å². The van der Waals surface area contributed by atoms with E-state index in [0.29, 0.717) is 24.5 Å². The minimum Gasteiger partial charge on any atom is -0.383 e. The van der Waals surface area contributed by atoms with Crippen LogP contribution in [0.15, 0.2) is 23.0 Å². The fourth-order valence-electron chi connectivity index (χ4n) is 4.49. The van der Waals surface area contributed by atoms with Crippen LogP contribution < -0.4 is 5.56 Å². The smallest absolute Gasteiger partial charge is 0.253 e. The lowest BCUT2D eigenvalue weighted by molar-refractivity contribution is 0.106. The summed E-state index contributed by atoms with van der Waals surface area (Å²) in [4.78, 5) is 21.2. The number of nitrogens with zero attached hydrogens (tertiary/aromatic N) is 6. The molecule has 0 amide bonds. The number of benzene rings is 1. The molecule has 9 nitrogen and oxygen atoms in total. The topological polar surface area (TPSA) is 92.2 Å². The van der Waals surface area contributed by atoms with Gasteiger partial charge < -0.3 is 14.6 Å². The highest BCUT2D eigenvalue weighted by atomic mass is 16.5. The third kappa shape index (κ3) is 4.39. The van der Waals surface area contributed by atoms with Crippen LogP contribution in [0.25, 0.3) is 10.9 Å². The Morgan fingerprint density at radius 2 is 1.94 bits per heavy atom. The molecule has 1 unspecified atom stereocenters. The molecule has 1 N–H and O–H groups in total. The molecule has 166 valence electrons. The number of pyridine rings is 1. The fourth-order valence-corrected chi connectivity index (χ4v) is 4.49. The molecule has 31 heavy (non-hydrogen) atoms. The van der Waals surface area contributed by atoms with Crippen molar-refractivity contribution in [3.8, 4) is 0 Å². The molecule has 2 aromatic heterocycles. The largest absolute Gasteiger partial charge is 0.383 e. The van der Waals surface area contributed by atoms with Crippen molar-refractivity contribution in [2.45, 2.75) is 33.4 Å². The molecule has 0 saturated carbocycles. The van der Waals surface area contributed by atoms with Gasteiger partial charge in [0.15, 0.2) is 5.82 Å². The molecular weight excluding hydrogens is 394 g/mol. The van der Waals surface area contributed by atoms with Gasteiger partial charge in [0.25, 0.3) is 5.56 Å². The Labute approximate surface area is 182 Å². The zero-order valence-corrected chi connectivity index (χ0v) is 18.8. The lowest BCUT2D eigenvalue weighted by Crippen LogP contribution is -2.49. The van der Waals surface area contributed by atoms with Gasteiger partial charge >= 0.3 is 0 Å². The Kier molecular flexibility index (Phi) is 6.45. The summed E-state index contributed by atoms with van der Waals surface area (Å²) in [6.45, 7) is 11.9. The van der Waals surface area contributed by atoms with Gasteiger partial charge in [-0.1, -0.05) is 18.6 Å². The third-order valence-corrected chi connectivity index (χ3v) is 6.15. The standard InChI is InChI=1S/C22H31N7O2/c1-5-27-6-8-28(9-7-27)20(21-24-25-26-29(21)10-11-31-4)18-14-17-13-15(2)12-16(3)19(17)23-22(18)30/h12-14,20H,5-11H2,1-4H3,(H,23,30). The molecule has 1 fully saturated rings. The van der Waals surface area contributed by atoms with Gasteiger partial charge in [-0.15, -0.1) is 5.10 Å². The van der Waals surface area contributed by atoms with Crippen molar-refractivity contribution in [3.63, 3.8) is 0 Å². The summed E-state index contributed by atoms with van der Waals surface area (Å²) in [5.41, 5.74) is 3.70. The second kappa shape index (κ2) is 9.25. The van der Waals surface area contributed by atoms with Crippen LogP contribution >= 0.6 is 0 Å². The predicted molar refractivity (Wildman–Crippen MR) is 119 cm³/mol. The van der Waals surface area contributed by atoms with E-state index in [1.807, 2.05) is 13.0 Å². The summed E-state index contributed by atoms with van der Waals surface area (Å²) in [5, 5.41) is 13.5. The van der Waals surface area contributed by atoms with Crippen molar-refractivity contribution in [2.75, 3.05) is 46.4 Å². The van der Waals surface area contributed by atoms with E-state index in [1.165, 1.54) is 5.56 Å². The van der Waals surface area contributed by atoms with Crippen molar-refractivity contribution < 1.29 is 4.74 Å². The zero-order chi connectivity index (χ0) is 22.0. The summed E-state index contributed by atoms with van der Waals surface area (Å²) in [7, 11) is 1.66. The first kappa shape index (κ1) is 21.6. The Morgan fingerprint density at radius 1 is 1.16 bits per heavy atom. The van der Waals surface area contributed by atoms with Crippen molar-refractivity contribution >= 4 is 10.9 Å². The van der Waals surface area contributed by atoms with Crippen LogP contribution in [0.2, 0.25) is 0 Å². The number of aromatic nitrogens is 5. The molecule has 0 spiro atoms. The number of hydrogen-bond acceptors (Lipinski definition) is 7. The molecule has 9 heteroatoms. The highest BCUT2D eigenvalue weighted by Crippen LogP contribution is 2.28. The summed E-state index contributed by atoms with van der Waals surface area (Å²) >= 11 is 0. The van der Waals surface area contributed by atoms with Crippen molar-refractivity contribution in [1.82, 2.24) is 35.0 Å². The minimum absolute atomic E-state index is 0.0938. The first-order valence-electron chi connectivity index (χ1n) is 10.9. The molecule has 1 saturated heterocycles. The van der Waals surface area contributed by atoms with Gasteiger partial charge in [0.05, 0.1) is 18.7 Å². The van der Waals surface area contributed by atoms with E-state index < -0.39 is 0 Å².